The quantitative estimate of drug-likeness (QED) is 0.414. The van der Waals surface area contributed by atoms with Gasteiger partial charge in [-0.05, 0) is 50.5 Å². The van der Waals surface area contributed by atoms with Crippen LogP contribution in [-0.2, 0) is 6.54 Å². The number of hydrogen-bond donors (Lipinski definition) is 2. The van der Waals surface area contributed by atoms with E-state index in [1.165, 1.54) is 25.7 Å². The van der Waals surface area contributed by atoms with E-state index in [4.69, 9.17) is 4.74 Å². The molecule has 0 spiro atoms. The summed E-state index contributed by atoms with van der Waals surface area (Å²) < 4.78 is 6.07. The molecule has 0 bridgehead atoms. The second-order valence-corrected chi connectivity index (χ2v) is 6.24. The van der Waals surface area contributed by atoms with Crippen LogP contribution in [0.25, 0.3) is 0 Å². The molecule has 2 N–H and O–H groups in total. The third kappa shape index (κ3) is 5.82. The van der Waals surface area contributed by atoms with E-state index in [1.807, 2.05) is 6.07 Å². The van der Waals surface area contributed by atoms with Crippen LogP contribution in [0.4, 0.5) is 0 Å². The Labute approximate surface area is 155 Å². The zero-order valence-electron chi connectivity index (χ0n) is 13.8. The van der Waals surface area contributed by atoms with Crippen molar-refractivity contribution < 1.29 is 4.74 Å². The Hall–Kier alpha value is -1.05. The lowest BCUT2D eigenvalue weighted by Gasteiger charge is -2.16. The third-order valence-corrected chi connectivity index (χ3v) is 4.36. The van der Waals surface area contributed by atoms with Crippen molar-refractivity contribution in [3.63, 3.8) is 0 Å². The molecule has 0 atom stereocenters. The summed E-state index contributed by atoms with van der Waals surface area (Å²) in [7, 11) is 1.81. The van der Waals surface area contributed by atoms with Crippen LogP contribution in [0.1, 0.15) is 44.1 Å². The predicted molar refractivity (Wildman–Crippen MR) is 103 cm³/mol. The molecule has 0 aromatic carbocycles. The van der Waals surface area contributed by atoms with Crippen LogP contribution in [0.3, 0.4) is 0 Å². The monoisotopic (exact) mass is 430 g/mol. The van der Waals surface area contributed by atoms with Crippen LogP contribution in [0.2, 0.25) is 0 Å². The van der Waals surface area contributed by atoms with Crippen molar-refractivity contribution in [2.24, 2.45) is 10.9 Å². The first kappa shape index (κ1) is 18.3. The van der Waals surface area contributed by atoms with Gasteiger partial charge in [0.25, 0.3) is 0 Å². The zero-order valence-corrected chi connectivity index (χ0v) is 16.1. The molecule has 2 aliphatic rings. The molecule has 23 heavy (non-hydrogen) atoms. The van der Waals surface area contributed by atoms with Gasteiger partial charge in [0.05, 0.1) is 0 Å². The molecule has 128 valence electrons. The van der Waals surface area contributed by atoms with Gasteiger partial charge >= 0.3 is 0 Å². The highest BCUT2D eigenvalue weighted by molar-refractivity contribution is 14.0. The van der Waals surface area contributed by atoms with Gasteiger partial charge in [0, 0.05) is 31.9 Å². The van der Waals surface area contributed by atoms with Crippen LogP contribution >= 0.6 is 24.0 Å². The van der Waals surface area contributed by atoms with Crippen molar-refractivity contribution in [2.45, 2.75) is 51.2 Å². The largest absolute Gasteiger partial charge is 0.474 e. The van der Waals surface area contributed by atoms with Gasteiger partial charge in [0.2, 0.25) is 5.88 Å². The van der Waals surface area contributed by atoms with Crippen LogP contribution in [0, 0.1) is 5.92 Å². The first-order chi connectivity index (χ1) is 10.8. The number of pyridine rings is 1. The SMILES string of the molecule is CN=C(NCc1cccnc1OC1CCCC1)NCC1CC1.I. The Balaban J connectivity index is 0.00000192. The minimum atomic E-state index is 0. The number of guanidine groups is 1. The van der Waals surface area contributed by atoms with Gasteiger partial charge in [-0.15, -0.1) is 24.0 Å². The topological polar surface area (TPSA) is 58.5 Å². The van der Waals surface area contributed by atoms with Gasteiger partial charge in [-0.2, -0.15) is 0 Å². The number of rotatable bonds is 6. The molecule has 5 nitrogen and oxygen atoms in total. The lowest BCUT2D eigenvalue weighted by atomic mass is 10.2. The van der Waals surface area contributed by atoms with Crippen molar-refractivity contribution in [1.82, 2.24) is 15.6 Å². The summed E-state index contributed by atoms with van der Waals surface area (Å²) in [5.74, 6) is 2.44. The van der Waals surface area contributed by atoms with Crippen molar-refractivity contribution in [2.75, 3.05) is 13.6 Å². The summed E-state index contributed by atoms with van der Waals surface area (Å²) in [6.45, 7) is 1.69. The smallest absolute Gasteiger partial charge is 0.218 e. The highest BCUT2D eigenvalue weighted by Gasteiger charge is 2.21. The Morgan fingerprint density at radius 1 is 1.26 bits per heavy atom. The highest BCUT2D eigenvalue weighted by atomic mass is 127. The molecular formula is C17H27IN4O. The van der Waals surface area contributed by atoms with E-state index in [0.29, 0.717) is 12.6 Å². The van der Waals surface area contributed by atoms with Gasteiger partial charge in [-0.3, -0.25) is 4.99 Å². The minimum Gasteiger partial charge on any atom is -0.474 e. The molecule has 0 saturated heterocycles. The summed E-state index contributed by atoms with van der Waals surface area (Å²) in [5, 5.41) is 6.72. The molecule has 0 amide bonds. The molecule has 6 heteroatoms. The normalized spacial score (nSPS) is 18.4. The van der Waals surface area contributed by atoms with Crippen LogP contribution in [0.15, 0.2) is 23.3 Å². The lowest BCUT2D eigenvalue weighted by Crippen LogP contribution is -2.38. The number of hydrogen-bond acceptors (Lipinski definition) is 3. The summed E-state index contributed by atoms with van der Waals surface area (Å²) in [6, 6.07) is 4.03. The highest BCUT2D eigenvalue weighted by Crippen LogP contribution is 2.27. The fourth-order valence-electron chi connectivity index (χ4n) is 2.79. The van der Waals surface area contributed by atoms with Gasteiger partial charge < -0.3 is 15.4 Å². The van der Waals surface area contributed by atoms with E-state index in [2.05, 4.69) is 26.7 Å². The van der Waals surface area contributed by atoms with Crippen LogP contribution < -0.4 is 15.4 Å². The summed E-state index contributed by atoms with van der Waals surface area (Å²) in [4.78, 5) is 8.68. The van der Waals surface area contributed by atoms with E-state index >= 15 is 0 Å². The Morgan fingerprint density at radius 2 is 2.04 bits per heavy atom. The molecule has 2 saturated carbocycles. The minimum absolute atomic E-state index is 0. The van der Waals surface area contributed by atoms with Crippen molar-refractivity contribution in [1.29, 1.82) is 0 Å². The second-order valence-electron chi connectivity index (χ2n) is 6.24. The first-order valence-corrected chi connectivity index (χ1v) is 8.40. The lowest BCUT2D eigenvalue weighted by molar-refractivity contribution is 0.199. The van der Waals surface area contributed by atoms with Crippen LogP contribution in [0.5, 0.6) is 5.88 Å². The number of aromatic nitrogens is 1. The first-order valence-electron chi connectivity index (χ1n) is 8.40. The van der Waals surface area contributed by atoms with E-state index in [9.17, 15) is 0 Å². The molecule has 0 unspecified atom stereocenters. The Kier molecular flexibility index (Phi) is 7.39. The molecule has 2 aliphatic carbocycles. The van der Waals surface area contributed by atoms with E-state index in [0.717, 1.165) is 42.7 Å². The van der Waals surface area contributed by atoms with Gasteiger partial charge in [-0.1, -0.05) is 6.07 Å². The molecule has 1 aromatic heterocycles. The fraction of sp³-hybridized carbons (Fsp3) is 0.647. The predicted octanol–water partition coefficient (Wildman–Crippen LogP) is 3.10. The molecule has 0 aliphatic heterocycles. The average molecular weight is 430 g/mol. The van der Waals surface area contributed by atoms with E-state index < -0.39 is 0 Å². The van der Waals surface area contributed by atoms with Gasteiger partial charge in [0.1, 0.15) is 6.10 Å². The molecule has 2 fully saturated rings. The molecule has 1 aromatic rings. The van der Waals surface area contributed by atoms with Gasteiger partial charge in [0.15, 0.2) is 5.96 Å². The summed E-state index contributed by atoms with van der Waals surface area (Å²) in [5.41, 5.74) is 1.09. The maximum atomic E-state index is 6.07. The summed E-state index contributed by atoms with van der Waals surface area (Å²) >= 11 is 0. The Bertz CT molecular complexity index is 513. The van der Waals surface area contributed by atoms with Crippen molar-refractivity contribution in [3.8, 4) is 5.88 Å². The van der Waals surface area contributed by atoms with E-state index in [1.54, 1.807) is 13.2 Å². The molecule has 0 radical (unpaired) electrons. The number of nitrogens with one attached hydrogen (secondary N) is 2. The van der Waals surface area contributed by atoms with E-state index in [-0.39, 0.29) is 24.0 Å². The number of nitrogens with zero attached hydrogens (tertiary/aromatic N) is 2. The standard InChI is InChI=1S/C17H26N4O.HI/c1-18-17(20-11-13-8-9-13)21-12-14-5-4-10-19-16(14)22-15-6-2-3-7-15;/h4-5,10,13,15H,2-3,6-9,11-12H2,1H3,(H2,18,20,21);1H. The maximum absolute atomic E-state index is 6.07. The fourth-order valence-corrected chi connectivity index (χ4v) is 2.79. The maximum Gasteiger partial charge on any atom is 0.218 e. The summed E-state index contributed by atoms with van der Waals surface area (Å²) in [6.07, 6.45) is 9.64. The second kappa shape index (κ2) is 9.30. The van der Waals surface area contributed by atoms with Gasteiger partial charge in [-0.25, -0.2) is 4.98 Å². The molecule has 1 heterocycles. The van der Waals surface area contributed by atoms with Crippen molar-refractivity contribution in [3.05, 3.63) is 23.9 Å². The number of aliphatic imine (C=N–C) groups is 1. The third-order valence-electron chi connectivity index (χ3n) is 4.36. The zero-order chi connectivity index (χ0) is 15.2. The van der Waals surface area contributed by atoms with Crippen molar-refractivity contribution >= 4 is 29.9 Å². The molecular weight excluding hydrogens is 403 g/mol. The van der Waals surface area contributed by atoms with Crippen LogP contribution in [-0.4, -0.2) is 30.6 Å². The molecule has 3 rings (SSSR count). The average Bonchev–Trinajstić information content (AvgIpc) is 3.24. The number of halogens is 1. The number of ether oxygens (including phenoxy) is 1. The Morgan fingerprint density at radius 3 is 2.74 bits per heavy atom.